The average molecular weight is 302 g/mol. The molecule has 5 nitrogen and oxygen atoms in total. The van der Waals surface area contributed by atoms with Crippen LogP contribution in [0.4, 0.5) is 5.95 Å². The highest BCUT2D eigenvalue weighted by molar-refractivity contribution is 5.35. The average Bonchev–Trinajstić information content (AvgIpc) is 3.32. The molecule has 1 atom stereocenters. The van der Waals surface area contributed by atoms with Crippen LogP contribution in [0.2, 0.25) is 0 Å². The first-order valence-electron chi connectivity index (χ1n) is 8.67. The number of anilines is 1. The highest BCUT2D eigenvalue weighted by atomic mass is 16.5. The van der Waals surface area contributed by atoms with Gasteiger partial charge in [-0.1, -0.05) is 0 Å². The molecule has 3 fully saturated rings. The molecule has 0 radical (unpaired) electrons. The van der Waals surface area contributed by atoms with E-state index in [2.05, 4.69) is 20.2 Å². The predicted molar refractivity (Wildman–Crippen MR) is 85.9 cm³/mol. The Hall–Kier alpha value is -1.20. The molecule has 0 bridgehead atoms. The number of aromatic nitrogens is 2. The van der Waals surface area contributed by atoms with Crippen LogP contribution < -0.4 is 10.2 Å². The lowest BCUT2D eigenvalue weighted by Crippen LogP contribution is -2.39. The van der Waals surface area contributed by atoms with E-state index in [1.807, 2.05) is 18.5 Å². The molecule has 3 aliphatic rings. The maximum absolute atomic E-state index is 6.01. The van der Waals surface area contributed by atoms with Gasteiger partial charge in [0, 0.05) is 25.5 Å². The molecule has 1 spiro atoms. The maximum Gasteiger partial charge on any atom is 0.225 e. The van der Waals surface area contributed by atoms with Crippen molar-refractivity contribution >= 4 is 5.95 Å². The van der Waals surface area contributed by atoms with E-state index in [4.69, 9.17) is 4.74 Å². The Morgan fingerprint density at radius 2 is 1.95 bits per heavy atom. The van der Waals surface area contributed by atoms with Crippen LogP contribution in [0, 0.1) is 11.3 Å². The molecule has 120 valence electrons. The van der Waals surface area contributed by atoms with Gasteiger partial charge in [0.05, 0.1) is 12.6 Å². The minimum absolute atomic E-state index is 0.429. The standard InChI is InChI=1S/C17H26N4O/c1-6-19-16(20-7-1)21-13-17(4-8-18-9-5-17)10-15(21)12-22-11-14-2-3-14/h1,6-7,14-15,18H,2-5,8-13H2/t15-/m0/s1. The van der Waals surface area contributed by atoms with Crippen LogP contribution in [0.15, 0.2) is 18.5 Å². The number of hydrogen-bond acceptors (Lipinski definition) is 5. The van der Waals surface area contributed by atoms with Gasteiger partial charge in [0.1, 0.15) is 0 Å². The second-order valence-corrected chi connectivity index (χ2v) is 7.27. The summed E-state index contributed by atoms with van der Waals surface area (Å²) in [6, 6.07) is 2.32. The lowest BCUT2D eigenvalue weighted by molar-refractivity contribution is 0.106. The number of hydrogen-bond donors (Lipinski definition) is 1. The summed E-state index contributed by atoms with van der Waals surface area (Å²) in [5, 5.41) is 3.49. The fraction of sp³-hybridized carbons (Fsp3) is 0.765. The number of nitrogens with one attached hydrogen (secondary N) is 1. The lowest BCUT2D eigenvalue weighted by Gasteiger charge is -2.33. The Kier molecular flexibility index (Phi) is 4.01. The van der Waals surface area contributed by atoms with E-state index in [-0.39, 0.29) is 0 Å². The maximum atomic E-state index is 6.01. The van der Waals surface area contributed by atoms with Gasteiger partial charge >= 0.3 is 0 Å². The van der Waals surface area contributed by atoms with Crippen molar-refractivity contribution in [3.05, 3.63) is 18.5 Å². The second kappa shape index (κ2) is 6.13. The van der Waals surface area contributed by atoms with Crippen LogP contribution in [0.5, 0.6) is 0 Å². The van der Waals surface area contributed by atoms with E-state index in [1.165, 1.54) is 32.1 Å². The molecule has 4 rings (SSSR count). The van der Waals surface area contributed by atoms with Gasteiger partial charge < -0.3 is 15.0 Å². The SMILES string of the molecule is c1cnc(N2CC3(CCNCC3)C[C@H]2COCC2CC2)nc1. The van der Waals surface area contributed by atoms with Crippen LogP contribution in [-0.2, 0) is 4.74 Å². The summed E-state index contributed by atoms with van der Waals surface area (Å²) in [5.74, 6) is 1.70. The van der Waals surface area contributed by atoms with Gasteiger partial charge in [0.25, 0.3) is 0 Å². The summed E-state index contributed by atoms with van der Waals surface area (Å²) in [6.07, 6.45) is 10.1. The van der Waals surface area contributed by atoms with Crippen molar-refractivity contribution in [1.29, 1.82) is 0 Å². The zero-order chi connectivity index (χ0) is 14.8. The third kappa shape index (κ3) is 3.10. The molecule has 1 N–H and O–H groups in total. The van der Waals surface area contributed by atoms with E-state index >= 15 is 0 Å². The molecule has 1 saturated carbocycles. The number of nitrogens with zero attached hydrogens (tertiary/aromatic N) is 3. The van der Waals surface area contributed by atoms with E-state index in [0.717, 1.165) is 44.7 Å². The number of piperidine rings is 1. The van der Waals surface area contributed by atoms with Gasteiger partial charge in [-0.15, -0.1) is 0 Å². The van der Waals surface area contributed by atoms with Crippen LogP contribution in [0.25, 0.3) is 0 Å². The van der Waals surface area contributed by atoms with Crippen molar-refractivity contribution in [2.75, 3.05) is 37.7 Å². The molecule has 1 aromatic rings. The van der Waals surface area contributed by atoms with Gasteiger partial charge in [-0.2, -0.15) is 0 Å². The van der Waals surface area contributed by atoms with E-state index in [1.54, 1.807) is 0 Å². The lowest BCUT2D eigenvalue weighted by atomic mass is 9.77. The topological polar surface area (TPSA) is 50.3 Å². The van der Waals surface area contributed by atoms with Crippen molar-refractivity contribution < 1.29 is 4.74 Å². The summed E-state index contributed by atoms with van der Waals surface area (Å²) in [4.78, 5) is 11.4. The minimum atomic E-state index is 0.429. The van der Waals surface area contributed by atoms with Gasteiger partial charge in [-0.05, 0) is 62.6 Å². The summed E-state index contributed by atoms with van der Waals surface area (Å²) < 4.78 is 6.01. The molecular formula is C17H26N4O. The van der Waals surface area contributed by atoms with Crippen molar-refractivity contribution in [1.82, 2.24) is 15.3 Å². The van der Waals surface area contributed by atoms with Crippen molar-refractivity contribution in [3.8, 4) is 0 Å². The normalized spacial score (nSPS) is 27.5. The minimum Gasteiger partial charge on any atom is -0.379 e. The first kappa shape index (κ1) is 14.4. The third-order valence-electron chi connectivity index (χ3n) is 5.45. The van der Waals surface area contributed by atoms with Crippen LogP contribution >= 0.6 is 0 Å². The highest BCUT2D eigenvalue weighted by Crippen LogP contribution is 2.43. The molecule has 2 aliphatic heterocycles. The first-order valence-corrected chi connectivity index (χ1v) is 8.67. The van der Waals surface area contributed by atoms with Crippen LogP contribution in [-0.4, -0.2) is 48.9 Å². The van der Waals surface area contributed by atoms with E-state index in [9.17, 15) is 0 Å². The predicted octanol–water partition coefficient (Wildman–Crippen LogP) is 1.85. The highest BCUT2D eigenvalue weighted by Gasteiger charge is 2.45. The number of ether oxygens (including phenoxy) is 1. The van der Waals surface area contributed by atoms with Gasteiger partial charge in [-0.25, -0.2) is 9.97 Å². The molecule has 0 aromatic carbocycles. The van der Waals surface area contributed by atoms with Gasteiger partial charge in [0.15, 0.2) is 0 Å². The summed E-state index contributed by atoms with van der Waals surface area (Å²) in [6.45, 7) is 5.12. The number of rotatable bonds is 5. The molecule has 0 unspecified atom stereocenters. The largest absolute Gasteiger partial charge is 0.379 e. The Labute approximate surface area is 132 Å². The molecule has 22 heavy (non-hydrogen) atoms. The summed E-state index contributed by atoms with van der Waals surface area (Å²) in [5.41, 5.74) is 0.429. The van der Waals surface area contributed by atoms with Crippen molar-refractivity contribution in [3.63, 3.8) is 0 Å². The van der Waals surface area contributed by atoms with Crippen LogP contribution in [0.1, 0.15) is 32.1 Å². The molecule has 1 aromatic heterocycles. The van der Waals surface area contributed by atoms with Gasteiger partial charge in [0.2, 0.25) is 5.95 Å². The second-order valence-electron chi connectivity index (χ2n) is 7.27. The Balaban J connectivity index is 1.47. The molecule has 0 amide bonds. The van der Waals surface area contributed by atoms with E-state index < -0.39 is 0 Å². The zero-order valence-corrected chi connectivity index (χ0v) is 13.2. The molecule has 1 aliphatic carbocycles. The first-order chi connectivity index (χ1) is 10.8. The smallest absolute Gasteiger partial charge is 0.225 e. The summed E-state index contributed by atoms with van der Waals surface area (Å²) >= 11 is 0. The molecule has 3 heterocycles. The quantitative estimate of drug-likeness (QED) is 0.899. The Morgan fingerprint density at radius 3 is 2.68 bits per heavy atom. The fourth-order valence-corrected chi connectivity index (χ4v) is 3.96. The zero-order valence-electron chi connectivity index (χ0n) is 13.2. The van der Waals surface area contributed by atoms with Crippen molar-refractivity contribution in [2.45, 2.75) is 38.1 Å². The monoisotopic (exact) mass is 302 g/mol. The van der Waals surface area contributed by atoms with Crippen molar-refractivity contribution in [2.24, 2.45) is 11.3 Å². The van der Waals surface area contributed by atoms with E-state index in [0.29, 0.717) is 11.5 Å². The molecule has 2 saturated heterocycles. The summed E-state index contributed by atoms with van der Waals surface area (Å²) in [7, 11) is 0. The fourth-order valence-electron chi connectivity index (χ4n) is 3.96. The van der Waals surface area contributed by atoms with Crippen LogP contribution in [0.3, 0.4) is 0 Å². The molecule has 5 heteroatoms. The molecular weight excluding hydrogens is 276 g/mol. The third-order valence-corrected chi connectivity index (χ3v) is 5.45. The Bertz CT molecular complexity index is 485. The Morgan fingerprint density at radius 1 is 1.18 bits per heavy atom. The van der Waals surface area contributed by atoms with Gasteiger partial charge in [-0.3, -0.25) is 0 Å².